The van der Waals surface area contributed by atoms with Gasteiger partial charge in [0, 0.05) is 17.6 Å². The summed E-state index contributed by atoms with van der Waals surface area (Å²) in [6, 6.07) is 19.8. The topological polar surface area (TPSA) is 40.7 Å². The van der Waals surface area contributed by atoms with Crippen LogP contribution in [-0.4, -0.2) is 16.0 Å². The minimum Gasteiger partial charge on any atom is -0.345 e. The van der Waals surface area contributed by atoms with Crippen molar-refractivity contribution in [2.24, 2.45) is 0 Å². The second-order valence-corrected chi connectivity index (χ2v) is 8.05. The summed E-state index contributed by atoms with van der Waals surface area (Å²) in [6.07, 6.45) is 3.92. The van der Waals surface area contributed by atoms with Crippen molar-refractivity contribution in [3.05, 3.63) is 88.2 Å². The number of halogens is 3. The second kappa shape index (κ2) is 9.40. The number of aromatic nitrogens is 2. The van der Waals surface area contributed by atoms with Gasteiger partial charge in [0.1, 0.15) is 0 Å². The number of aromatic amines is 1. The number of hydrogen-bond acceptors (Lipinski definition) is 2. The van der Waals surface area contributed by atoms with Crippen molar-refractivity contribution in [3.63, 3.8) is 0 Å². The quantitative estimate of drug-likeness (QED) is 0.375. The highest BCUT2D eigenvalue weighted by Crippen LogP contribution is 2.30. The number of nitrogens with one attached hydrogen (secondary N) is 2. The molecule has 5 rings (SSSR count). The summed E-state index contributed by atoms with van der Waals surface area (Å²) >= 11 is 6.64. The lowest BCUT2D eigenvalue weighted by Crippen LogP contribution is -2.29. The van der Waals surface area contributed by atoms with Crippen molar-refractivity contribution in [2.75, 3.05) is 0 Å². The molecule has 0 atom stereocenters. The van der Waals surface area contributed by atoms with Gasteiger partial charge in [0.15, 0.2) is 0 Å². The number of fused-ring (bicyclic) bond motifs is 2. The summed E-state index contributed by atoms with van der Waals surface area (Å²) in [5.74, 6) is 0. The van der Waals surface area contributed by atoms with Crippen LogP contribution in [0.15, 0.2) is 60.9 Å². The van der Waals surface area contributed by atoms with Gasteiger partial charge < -0.3 is 10.3 Å². The smallest absolute Gasteiger partial charge is 0.0931 e. The van der Waals surface area contributed by atoms with Crippen molar-refractivity contribution in [1.29, 1.82) is 0 Å². The van der Waals surface area contributed by atoms with Crippen LogP contribution in [0.5, 0.6) is 0 Å². The van der Waals surface area contributed by atoms with Crippen LogP contribution in [0.3, 0.4) is 0 Å². The maximum Gasteiger partial charge on any atom is 0.0931 e. The number of H-pyrrole nitrogens is 1. The zero-order valence-corrected chi connectivity index (χ0v) is 19.0. The van der Waals surface area contributed by atoms with Crippen molar-refractivity contribution in [2.45, 2.75) is 32.4 Å². The first-order valence-corrected chi connectivity index (χ1v) is 10.1. The maximum absolute atomic E-state index is 6.64. The molecular weight excluding hydrogens is 437 g/mol. The minimum atomic E-state index is 0. The van der Waals surface area contributed by atoms with E-state index in [0.29, 0.717) is 6.04 Å². The van der Waals surface area contributed by atoms with Crippen molar-refractivity contribution >= 4 is 47.4 Å². The molecule has 1 aromatic heterocycles. The Morgan fingerprint density at radius 2 is 1.77 bits per heavy atom. The predicted octanol–water partition coefficient (Wildman–Crippen LogP) is 6.29. The SMILES string of the molecule is Cc1cc2[nH]cnc2cc1-c1ccc(CNC2Cc3ccccc3C2)c(Cl)c1.Cl.Cl. The number of rotatable bonds is 4. The predicted molar refractivity (Wildman–Crippen MR) is 130 cm³/mol. The Balaban J connectivity index is 0.00000128. The van der Waals surface area contributed by atoms with E-state index in [1.54, 1.807) is 6.33 Å². The van der Waals surface area contributed by atoms with Crippen molar-refractivity contribution in [1.82, 2.24) is 15.3 Å². The summed E-state index contributed by atoms with van der Waals surface area (Å²) < 4.78 is 0. The number of imidazole rings is 1. The molecule has 1 heterocycles. The maximum atomic E-state index is 6.64. The van der Waals surface area contributed by atoms with Crippen LogP contribution >= 0.6 is 36.4 Å². The summed E-state index contributed by atoms with van der Waals surface area (Å²) in [4.78, 5) is 7.54. The van der Waals surface area contributed by atoms with Crippen molar-refractivity contribution in [3.8, 4) is 11.1 Å². The first-order chi connectivity index (χ1) is 13.7. The van der Waals surface area contributed by atoms with Crippen LogP contribution in [0.4, 0.5) is 0 Å². The number of aryl methyl sites for hydroxylation is 1. The van der Waals surface area contributed by atoms with Gasteiger partial charge in [-0.15, -0.1) is 24.8 Å². The Labute approximate surface area is 194 Å². The molecule has 0 spiro atoms. The molecule has 0 aliphatic heterocycles. The highest BCUT2D eigenvalue weighted by molar-refractivity contribution is 6.31. The van der Waals surface area contributed by atoms with Crippen LogP contribution in [0.2, 0.25) is 5.02 Å². The lowest BCUT2D eigenvalue weighted by molar-refractivity contribution is 0.533. The number of benzene rings is 3. The van der Waals surface area contributed by atoms with E-state index in [1.807, 2.05) is 0 Å². The molecule has 6 heteroatoms. The molecule has 0 radical (unpaired) electrons. The monoisotopic (exact) mass is 459 g/mol. The molecule has 30 heavy (non-hydrogen) atoms. The molecule has 4 aromatic rings. The van der Waals surface area contributed by atoms with Crippen LogP contribution < -0.4 is 5.32 Å². The highest BCUT2D eigenvalue weighted by Gasteiger charge is 2.20. The van der Waals surface area contributed by atoms with Crippen LogP contribution in [0, 0.1) is 6.92 Å². The molecule has 0 saturated heterocycles. The molecule has 1 aliphatic carbocycles. The number of nitrogens with zero attached hydrogens (tertiary/aromatic N) is 1. The summed E-state index contributed by atoms with van der Waals surface area (Å²) in [5, 5.41) is 4.49. The summed E-state index contributed by atoms with van der Waals surface area (Å²) in [7, 11) is 0. The average molecular weight is 461 g/mol. The minimum absolute atomic E-state index is 0. The fraction of sp³-hybridized carbons (Fsp3) is 0.208. The summed E-state index contributed by atoms with van der Waals surface area (Å²) in [5.41, 5.74) is 9.62. The summed E-state index contributed by atoms with van der Waals surface area (Å²) in [6.45, 7) is 2.91. The number of hydrogen-bond donors (Lipinski definition) is 2. The molecule has 0 fully saturated rings. The molecule has 2 N–H and O–H groups in total. The Kier molecular flexibility index (Phi) is 7.10. The normalized spacial score (nSPS) is 13.0. The molecule has 0 saturated carbocycles. The molecule has 0 unspecified atom stereocenters. The fourth-order valence-electron chi connectivity index (χ4n) is 4.22. The third-order valence-electron chi connectivity index (χ3n) is 5.76. The largest absolute Gasteiger partial charge is 0.345 e. The average Bonchev–Trinajstić information content (AvgIpc) is 3.32. The van der Waals surface area contributed by atoms with E-state index < -0.39 is 0 Å². The molecule has 0 amide bonds. The van der Waals surface area contributed by atoms with Gasteiger partial charge in [0.05, 0.1) is 17.4 Å². The van der Waals surface area contributed by atoms with E-state index >= 15 is 0 Å². The van der Waals surface area contributed by atoms with E-state index in [4.69, 9.17) is 11.6 Å². The zero-order chi connectivity index (χ0) is 19.1. The third kappa shape index (κ3) is 4.35. The van der Waals surface area contributed by atoms with Gasteiger partial charge in [-0.1, -0.05) is 48.0 Å². The second-order valence-electron chi connectivity index (χ2n) is 7.65. The molecule has 1 aliphatic rings. The van der Waals surface area contributed by atoms with Crippen LogP contribution in [0.25, 0.3) is 22.2 Å². The van der Waals surface area contributed by atoms with Gasteiger partial charge in [-0.25, -0.2) is 4.98 Å². The van der Waals surface area contributed by atoms with Gasteiger partial charge in [0.25, 0.3) is 0 Å². The molecule has 3 aromatic carbocycles. The van der Waals surface area contributed by atoms with E-state index in [-0.39, 0.29) is 24.8 Å². The zero-order valence-electron chi connectivity index (χ0n) is 16.6. The Hall–Kier alpha value is -2.04. The van der Waals surface area contributed by atoms with Gasteiger partial charge in [0.2, 0.25) is 0 Å². The molecular formula is C24H24Cl3N3. The Morgan fingerprint density at radius 3 is 2.47 bits per heavy atom. The Bertz CT molecular complexity index is 1140. The Morgan fingerprint density at radius 1 is 1.03 bits per heavy atom. The van der Waals surface area contributed by atoms with E-state index in [0.717, 1.165) is 46.6 Å². The molecule has 3 nitrogen and oxygen atoms in total. The van der Waals surface area contributed by atoms with E-state index in [2.05, 4.69) is 76.8 Å². The first-order valence-electron chi connectivity index (χ1n) is 9.70. The van der Waals surface area contributed by atoms with Crippen LogP contribution in [0.1, 0.15) is 22.3 Å². The van der Waals surface area contributed by atoms with Crippen LogP contribution in [-0.2, 0) is 19.4 Å². The lowest BCUT2D eigenvalue weighted by atomic mass is 9.98. The van der Waals surface area contributed by atoms with E-state index in [9.17, 15) is 0 Å². The third-order valence-corrected chi connectivity index (χ3v) is 6.11. The standard InChI is InChI=1S/C24H22ClN3.2ClH/c1-15-8-23-24(28-14-27-23)12-21(15)18-6-7-19(22(25)11-18)13-26-20-9-16-4-2-3-5-17(16)10-20;;/h2-8,11-12,14,20,26H,9-10,13H2,1H3,(H,27,28);2*1H. The van der Waals surface area contributed by atoms with Gasteiger partial charge in [-0.2, -0.15) is 0 Å². The first kappa shape index (κ1) is 22.6. The molecule has 156 valence electrons. The van der Waals surface area contributed by atoms with Gasteiger partial charge >= 0.3 is 0 Å². The fourth-order valence-corrected chi connectivity index (χ4v) is 4.46. The van der Waals surface area contributed by atoms with Gasteiger partial charge in [-0.3, -0.25) is 0 Å². The molecule has 0 bridgehead atoms. The van der Waals surface area contributed by atoms with E-state index in [1.165, 1.54) is 22.3 Å². The van der Waals surface area contributed by atoms with Gasteiger partial charge in [-0.05, 0) is 71.3 Å². The van der Waals surface area contributed by atoms with Crippen molar-refractivity contribution < 1.29 is 0 Å². The highest BCUT2D eigenvalue weighted by atomic mass is 35.5. The lowest BCUT2D eigenvalue weighted by Gasteiger charge is -2.14.